The van der Waals surface area contributed by atoms with E-state index >= 15 is 0 Å². The van der Waals surface area contributed by atoms with Crippen LogP contribution in [0.3, 0.4) is 0 Å². The number of aryl methyl sites for hydroxylation is 2. The van der Waals surface area contributed by atoms with Crippen LogP contribution in [0.25, 0.3) is 0 Å². The Labute approximate surface area is 124 Å². The zero-order chi connectivity index (χ0) is 15.4. The monoisotopic (exact) mass is 293 g/mol. The van der Waals surface area contributed by atoms with Gasteiger partial charge in [0.1, 0.15) is 0 Å². The smallest absolute Gasteiger partial charge is 0.345 e. The number of carbonyl (C=O) groups excluding carboxylic acids is 1. The predicted molar refractivity (Wildman–Crippen MR) is 79.0 cm³/mol. The predicted octanol–water partition coefficient (Wildman–Crippen LogP) is 0.597. The molecule has 1 amide bonds. The first-order valence-corrected chi connectivity index (χ1v) is 7.48. The first kappa shape index (κ1) is 15.7. The van der Waals surface area contributed by atoms with Crippen molar-refractivity contribution in [2.45, 2.75) is 52.0 Å². The molecular weight excluding hydrogens is 270 g/mol. The second kappa shape index (κ2) is 6.85. The minimum Gasteiger partial charge on any atom is -0.396 e. The summed E-state index contributed by atoms with van der Waals surface area (Å²) in [7, 11) is 0. The second-order valence-electron chi connectivity index (χ2n) is 5.81. The number of hydrogen-bond donors (Lipinski definition) is 3. The molecule has 6 heteroatoms. The van der Waals surface area contributed by atoms with Gasteiger partial charge in [-0.3, -0.25) is 4.79 Å². The molecule has 116 valence electrons. The minimum absolute atomic E-state index is 0.0487. The molecule has 2 unspecified atom stereocenters. The molecule has 6 nitrogen and oxygen atoms in total. The number of aromatic amines is 1. The Balaban J connectivity index is 2.03. The number of aliphatic hydroxyl groups excluding tert-OH is 1. The van der Waals surface area contributed by atoms with Crippen molar-refractivity contribution in [1.82, 2.24) is 15.3 Å². The van der Waals surface area contributed by atoms with Gasteiger partial charge in [0.2, 0.25) is 5.91 Å². The van der Waals surface area contributed by atoms with E-state index in [-0.39, 0.29) is 36.6 Å². The number of H-pyrrole nitrogens is 1. The average Bonchev–Trinajstić information content (AvgIpc) is 2.43. The van der Waals surface area contributed by atoms with Crippen molar-refractivity contribution in [3.63, 3.8) is 0 Å². The van der Waals surface area contributed by atoms with Gasteiger partial charge in [-0.05, 0) is 26.7 Å². The molecule has 2 rings (SSSR count). The number of aromatic nitrogens is 2. The molecule has 0 aromatic carbocycles. The maximum atomic E-state index is 12.2. The largest absolute Gasteiger partial charge is 0.396 e. The summed E-state index contributed by atoms with van der Waals surface area (Å²) in [5, 5.41) is 12.4. The van der Waals surface area contributed by atoms with E-state index in [1.807, 2.05) is 0 Å². The summed E-state index contributed by atoms with van der Waals surface area (Å²) >= 11 is 0. The van der Waals surface area contributed by atoms with E-state index in [0.717, 1.165) is 31.2 Å². The molecule has 1 heterocycles. The van der Waals surface area contributed by atoms with Crippen LogP contribution in [-0.4, -0.2) is 33.6 Å². The van der Waals surface area contributed by atoms with Crippen molar-refractivity contribution < 1.29 is 9.90 Å². The third kappa shape index (κ3) is 3.91. The van der Waals surface area contributed by atoms with Crippen molar-refractivity contribution in [3.05, 3.63) is 27.4 Å². The van der Waals surface area contributed by atoms with Crippen LogP contribution >= 0.6 is 0 Å². The van der Waals surface area contributed by atoms with Crippen LogP contribution < -0.4 is 11.0 Å². The van der Waals surface area contributed by atoms with Gasteiger partial charge >= 0.3 is 5.69 Å². The van der Waals surface area contributed by atoms with Crippen LogP contribution in [0.15, 0.2) is 4.79 Å². The molecule has 2 atom stereocenters. The lowest BCUT2D eigenvalue weighted by atomic mass is 9.85. The van der Waals surface area contributed by atoms with Crippen molar-refractivity contribution in [3.8, 4) is 0 Å². The molecule has 1 aliphatic carbocycles. The summed E-state index contributed by atoms with van der Waals surface area (Å²) in [6.45, 7) is 3.63. The minimum atomic E-state index is -0.387. The van der Waals surface area contributed by atoms with Gasteiger partial charge in [-0.1, -0.05) is 12.8 Å². The van der Waals surface area contributed by atoms with Gasteiger partial charge in [0.25, 0.3) is 0 Å². The molecule has 1 fully saturated rings. The second-order valence-corrected chi connectivity index (χ2v) is 5.81. The molecule has 0 radical (unpaired) electrons. The Hall–Kier alpha value is -1.69. The molecule has 0 aliphatic heterocycles. The third-order valence-electron chi connectivity index (χ3n) is 4.28. The summed E-state index contributed by atoms with van der Waals surface area (Å²) in [5.74, 6) is 0.0685. The highest BCUT2D eigenvalue weighted by Gasteiger charge is 2.26. The van der Waals surface area contributed by atoms with Crippen LogP contribution in [0.1, 0.15) is 42.6 Å². The van der Waals surface area contributed by atoms with E-state index in [4.69, 9.17) is 0 Å². The highest BCUT2D eigenvalue weighted by Crippen LogP contribution is 2.24. The molecule has 1 aromatic heterocycles. The normalized spacial score (nSPS) is 22.0. The van der Waals surface area contributed by atoms with Crippen molar-refractivity contribution >= 4 is 5.91 Å². The van der Waals surface area contributed by atoms with E-state index in [1.165, 1.54) is 0 Å². The Bertz CT molecular complexity index is 542. The summed E-state index contributed by atoms with van der Waals surface area (Å²) in [4.78, 5) is 29.9. The Morgan fingerprint density at radius 1 is 1.38 bits per heavy atom. The van der Waals surface area contributed by atoms with Gasteiger partial charge < -0.3 is 15.4 Å². The fraction of sp³-hybridized carbons (Fsp3) is 0.667. The number of aliphatic hydroxyl groups is 1. The number of nitrogens with zero attached hydrogens (tertiary/aromatic N) is 1. The summed E-state index contributed by atoms with van der Waals surface area (Å²) in [6.07, 6.45) is 4.27. The quantitative estimate of drug-likeness (QED) is 0.757. The third-order valence-corrected chi connectivity index (χ3v) is 4.28. The molecule has 3 N–H and O–H groups in total. The maximum absolute atomic E-state index is 12.2. The van der Waals surface area contributed by atoms with E-state index in [2.05, 4.69) is 15.3 Å². The topological polar surface area (TPSA) is 95.1 Å². The zero-order valence-electron chi connectivity index (χ0n) is 12.6. The van der Waals surface area contributed by atoms with E-state index in [0.29, 0.717) is 11.4 Å². The lowest BCUT2D eigenvalue weighted by Gasteiger charge is -2.31. The Morgan fingerprint density at radius 3 is 2.76 bits per heavy atom. The number of rotatable bonds is 4. The summed E-state index contributed by atoms with van der Waals surface area (Å²) < 4.78 is 0. The van der Waals surface area contributed by atoms with Crippen LogP contribution in [0.2, 0.25) is 0 Å². The fourth-order valence-corrected chi connectivity index (χ4v) is 3.05. The molecule has 0 spiro atoms. The highest BCUT2D eigenvalue weighted by molar-refractivity contribution is 5.79. The number of carbonyl (C=O) groups is 1. The number of amides is 1. The van der Waals surface area contributed by atoms with E-state index < -0.39 is 0 Å². The molecule has 1 saturated carbocycles. The maximum Gasteiger partial charge on any atom is 0.345 e. The first-order chi connectivity index (χ1) is 10.0. The van der Waals surface area contributed by atoms with Gasteiger partial charge in [-0.2, -0.15) is 4.98 Å². The van der Waals surface area contributed by atoms with Crippen LogP contribution in [0, 0.1) is 19.8 Å². The number of nitrogens with one attached hydrogen (secondary N) is 2. The van der Waals surface area contributed by atoms with Crippen molar-refractivity contribution in [2.75, 3.05) is 6.61 Å². The molecule has 1 aromatic rings. The fourth-order valence-electron chi connectivity index (χ4n) is 3.05. The average molecular weight is 293 g/mol. The number of hydrogen-bond acceptors (Lipinski definition) is 4. The standard InChI is InChI=1S/C15H23N3O3/c1-9-12(10(2)17-15(21)16-9)7-14(20)18-13-6-4-3-5-11(13)8-19/h11,13,19H,3-8H2,1-2H3,(H,18,20)(H,16,17,21). The van der Waals surface area contributed by atoms with Crippen molar-refractivity contribution in [2.24, 2.45) is 5.92 Å². The Morgan fingerprint density at radius 2 is 2.10 bits per heavy atom. The lowest BCUT2D eigenvalue weighted by Crippen LogP contribution is -2.44. The summed E-state index contributed by atoms with van der Waals surface area (Å²) in [6, 6.07) is 0.0487. The van der Waals surface area contributed by atoms with Gasteiger partial charge in [0.05, 0.1) is 6.42 Å². The van der Waals surface area contributed by atoms with Gasteiger partial charge in [0, 0.05) is 35.5 Å². The lowest BCUT2D eigenvalue weighted by molar-refractivity contribution is -0.121. The SMILES string of the molecule is Cc1nc(=O)[nH]c(C)c1CC(=O)NC1CCCCC1CO. The Kier molecular flexibility index (Phi) is 5.12. The molecule has 0 saturated heterocycles. The van der Waals surface area contributed by atoms with Gasteiger partial charge in [-0.25, -0.2) is 4.79 Å². The molecule has 1 aliphatic rings. The van der Waals surface area contributed by atoms with Crippen LogP contribution in [0.4, 0.5) is 0 Å². The van der Waals surface area contributed by atoms with Crippen LogP contribution in [0.5, 0.6) is 0 Å². The van der Waals surface area contributed by atoms with E-state index in [9.17, 15) is 14.7 Å². The molecule has 0 bridgehead atoms. The molecular formula is C15H23N3O3. The van der Waals surface area contributed by atoms with Crippen molar-refractivity contribution in [1.29, 1.82) is 0 Å². The van der Waals surface area contributed by atoms with Crippen LogP contribution in [-0.2, 0) is 11.2 Å². The van der Waals surface area contributed by atoms with Gasteiger partial charge in [-0.15, -0.1) is 0 Å². The molecule has 21 heavy (non-hydrogen) atoms. The first-order valence-electron chi connectivity index (χ1n) is 7.48. The highest BCUT2D eigenvalue weighted by atomic mass is 16.3. The van der Waals surface area contributed by atoms with E-state index in [1.54, 1.807) is 13.8 Å². The summed E-state index contributed by atoms with van der Waals surface area (Å²) in [5.41, 5.74) is 1.66. The zero-order valence-corrected chi connectivity index (χ0v) is 12.6. The van der Waals surface area contributed by atoms with Gasteiger partial charge in [0.15, 0.2) is 0 Å².